The van der Waals surface area contributed by atoms with Crippen molar-refractivity contribution in [3.05, 3.63) is 35.4 Å². The maximum Gasteiger partial charge on any atom is 0.0242 e. The number of rotatable bonds is 3. The average Bonchev–Trinajstić information content (AvgIpc) is 2.17. The smallest absolute Gasteiger partial charge is 0.0242 e. The minimum Gasteiger partial charge on any atom is -0.115 e. The van der Waals surface area contributed by atoms with Crippen LogP contribution in [0.15, 0.2) is 24.3 Å². The van der Waals surface area contributed by atoms with Crippen molar-refractivity contribution in [2.75, 3.05) is 0 Å². The van der Waals surface area contributed by atoms with E-state index in [1.807, 2.05) is 12.1 Å². The fraction of sp³-hybridized carbons (Fsp3) is 0.467. The van der Waals surface area contributed by atoms with Crippen LogP contribution in [0.5, 0.6) is 0 Å². The van der Waals surface area contributed by atoms with E-state index in [4.69, 9.17) is 6.42 Å². The Morgan fingerprint density at radius 1 is 1.13 bits per heavy atom. The second-order valence-corrected chi connectivity index (χ2v) is 5.26. The first kappa shape index (κ1) is 11.9. The van der Waals surface area contributed by atoms with Gasteiger partial charge in [-0.3, -0.25) is 0 Å². The van der Waals surface area contributed by atoms with Crippen LogP contribution < -0.4 is 0 Å². The fourth-order valence-corrected chi connectivity index (χ4v) is 1.59. The largest absolute Gasteiger partial charge is 0.115 e. The molecule has 0 saturated carbocycles. The molecule has 0 aromatic heterocycles. The molecule has 0 aliphatic heterocycles. The van der Waals surface area contributed by atoms with Crippen molar-refractivity contribution in [1.82, 2.24) is 0 Å². The van der Waals surface area contributed by atoms with Gasteiger partial charge >= 0.3 is 0 Å². The van der Waals surface area contributed by atoms with E-state index < -0.39 is 0 Å². The third-order valence-electron chi connectivity index (χ3n) is 2.51. The number of terminal acetylenes is 1. The summed E-state index contributed by atoms with van der Waals surface area (Å²) in [6.07, 6.45) is 8.98. The molecule has 0 unspecified atom stereocenters. The van der Waals surface area contributed by atoms with Crippen molar-refractivity contribution >= 4 is 0 Å². The fourth-order valence-electron chi connectivity index (χ4n) is 1.59. The normalized spacial score (nSPS) is 11.1. The van der Waals surface area contributed by atoms with Gasteiger partial charge in [0, 0.05) is 5.56 Å². The molecule has 15 heavy (non-hydrogen) atoms. The summed E-state index contributed by atoms with van der Waals surface area (Å²) >= 11 is 0. The molecule has 0 heteroatoms. The summed E-state index contributed by atoms with van der Waals surface area (Å²) in [6.45, 7) is 6.86. The third kappa shape index (κ3) is 4.70. The van der Waals surface area contributed by atoms with Crippen LogP contribution in [-0.2, 0) is 6.42 Å². The Labute approximate surface area is 93.7 Å². The van der Waals surface area contributed by atoms with Crippen molar-refractivity contribution in [3.63, 3.8) is 0 Å². The highest BCUT2D eigenvalue weighted by molar-refractivity contribution is 5.34. The number of hydrogen-bond acceptors (Lipinski definition) is 0. The van der Waals surface area contributed by atoms with E-state index in [-0.39, 0.29) is 0 Å². The predicted molar refractivity (Wildman–Crippen MR) is 66.8 cm³/mol. The van der Waals surface area contributed by atoms with Gasteiger partial charge in [0.1, 0.15) is 0 Å². The van der Waals surface area contributed by atoms with E-state index in [2.05, 4.69) is 38.8 Å². The Kier molecular flexibility index (Phi) is 3.97. The molecule has 1 aromatic carbocycles. The average molecular weight is 200 g/mol. The Balaban J connectivity index is 2.42. The van der Waals surface area contributed by atoms with Gasteiger partial charge in [-0.25, -0.2) is 0 Å². The first-order valence-electron chi connectivity index (χ1n) is 5.57. The molecule has 1 aromatic rings. The molecule has 0 radical (unpaired) electrons. The van der Waals surface area contributed by atoms with E-state index in [0.717, 1.165) is 12.0 Å². The van der Waals surface area contributed by atoms with E-state index in [1.54, 1.807) is 0 Å². The molecule has 0 N–H and O–H groups in total. The van der Waals surface area contributed by atoms with Crippen molar-refractivity contribution in [3.8, 4) is 12.3 Å². The lowest BCUT2D eigenvalue weighted by atomic mass is 9.89. The standard InChI is InChI=1S/C15H20/c1-5-13-8-10-14(11-9-13)7-6-12-15(2,3)4/h1,8-11H,6-7,12H2,2-4H3. The van der Waals surface area contributed by atoms with Crippen LogP contribution in [0.25, 0.3) is 0 Å². The molecule has 0 spiro atoms. The predicted octanol–water partition coefficient (Wildman–Crippen LogP) is 4.04. The molecule has 0 heterocycles. The van der Waals surface area contributed by atoms with Crippen molar-refractivity contribution in [2.45, 2.75) is 40.0 Å². The molecule has 0 nitrogen and oxygen atoms in total. The molecular weight excluding hydrogens is 180 g/mol. The number of hydrogen-bond donors (Lipinski definition) is 0. The summed E-state index contributed by atoms with van der Waals surface area (Å²) in [5.41, 5.74) is 2.80. The number of aryl methyl sites for hydroxylation is 1. The molecule has 0 atom stereocenters. The Bertz CT molecular complexity index is 330. The summed E-state index contributed by atoms with van der Waals surface area (Å²) in [6, 6.07) is 8.31. The number of benzene rings is 1. The third-order valence-corrected chi connectivity index (χ3v) is 2.51. The van der Waals surface area contributed by atoms with Crippen LogP contribution in [0.1, 0.15) is 44.7 Å². The van der Waals surface area contributed by atoms with Crippen LogP contribution in [0.3, 0.4) is 0 Å². The molecule has 0 bridgehead atoms. The first-order chi connectivity index (χ1) is 7.01. The highest BCUT2D eigenvalue weighted by Gasteiger charge is 2.08. The van der Waals surface area contributed by atoms with Crippen LogP contribution >= 0.6 is 0 Å². The van der Waals surface area contributed by atoms with E-state index in [1.165, 1.54) is 18.4 Å². The molecule has 0 amide bonds. The van der Waals surface area contributed by atoms with Crippen LogP contribution in [0, 0.1) is 17.8 Å². The summed E-state index contributed by atoms with van der Waals surface area (Å²) in [5.74, 6) is 2.63. The minimum absolute atomic E-state index is 0.443. The molecule has 0 saturated heterocycles. The summed E-state index contributed by atoms with van der Waals surface area (Å²) in [7, 11) is 0. The van der Waals surface area contributed by atoms with Crippen molar-refractivity contribution < 1.29 is 0 Å². The molecule has 0 aliphatic carbocycles. The summed E-state index contributed by atoms with van der Waals surface area (Å²) < 4.78 is 0. The van der Waals surface area contributed by atoms with Gasteiger partial charge in [0.15, 0.2) is 0 Å². The van der Waals surface area contributed by atoms with Gasteiger partial charge in [-0.05, 0) is 42.4 Å². The highest BCUT2D eigenvalue weighted by atomic mass is 14.1. The Morgan fingerprint density at radius 3 is 2.20 bits per heavy atom. The summed E-state index contributed by atoms with van der Waals surface area (Å²) in [4.78, 5) is 0. The van der Waals surface area contributed by atoms with Crippen LogP contribution in [0.4, 0.5) is 0 Å². The maximum atomic E-state index is 5.31. The van der Waals surface area contributed by atoms with E-state index in [9.17, 15) is 0 Å². The van der Waals surface area contributed by atoms with Gasteiger partial charge in [-0.2, -0.15) is 0 Å². The van der Waals surface area contributed by atoms with E-state index in [0.29, 0.717) is 5.41 Å². The second kappa shape index (κ2) is 5.03. The lowest BCUT2D eigenvalue weighted by molar-refractivity contribution is 0.365. The van der Waals surface area contributed by atoms with Crippen LogP contribution in [-0.4, -0.2) is 0 Å². The van der Waals surface area contributed by atoms with E-state index >= 15 is 0 Å². The van der Waals surface area contributed by atoms with Crippen molar-refractivity contribution in [1.29, 1.82) is 0 Å². The zero-order valence-corrected chi connectivity index (χ0v) is 10.0. The zero-order valence-electron chi connectivity index (χ0n) is 10.0. The molecular formula is C15H20. The molecule has 0 fully saturated rings. The quantitative estimate of drug-likeness (QED) is 0.646. The molecule has 80 valence electrons. The lowest BCUT2D eigenvalue weighted by Gasteiger charge is -2.17. The monoisotopic (exact) mass is 200 g/mol. The first-order valence-corrected chi connectivity index (χ1v) is 5.57. The zero-order chi connectivity index (χ0) is 11.3. The SMILES string of the molecule is C#Cc1ccc(CCCC(C)(C)C)cc1. The van der Waals surface area contributed by atoms with Gasteiger partial charge < -0.3 is 0 Å². The van der Waals surface area contributed by atoms with Gasteiger partial charge in [-0.15, -0.1) is 6.42 Å². The lowest BCUT2D eigenvalue weighted by Crippen LogP contribution is -2.04. The van der Waals surface area contributed by atoms with Gasteiger partial charge in [0.25, 0.3) is 0 Å². The summed E-state index contributed by atoms with van der Waals surface area (Å²) in [5, 5.41) is 0. The maximum absolute atomic E-state index is 5.31. The highest BCUT2D eigenvalue weighted by Crippen LogP contribution is 2.21. The van der Waals surface area contributed by atoms with Gasteiger partial charge in [0.05, 0.1) is 0 Å². The van der Waals surface area contributed by atoms with Gasteiger partial charge in [-0.1, -0.05) is 38.8 Å². The Morgan fingerprint density at radius 2 is 1.73 bits per heavy atom. The molecule has 0 aliphatic rings. The van der Waals surface area contributed by atoms with Gasteiger partial charge in [0.2, 0.25) is 0 Å². The topological polar surface area (TPSA) is 0 Å². The van der Waals surface area contributed by atoms with Crippen LogP contribution in [0.2, 0.25) is 0 Å². The minimum atomic E-state index is 0.443. The molecule has 1 rings (SSSR count). The van der Waals surface area contributed by atoms with Crippen molar-refractivity contribution in [2.24, 2.45) is 5.41 Å². The second-order valence-electron chi connectivity index (χ2n) is 5.26. The Hall–Kier alpha value is -1.22.